The highest BCUT2D eigenvalue weighted by atomic mass is 19.1. The Morgan fingerprint density at radius 1 is 1.14 bits per heavy atom. The lowest BCUT2D eigenvalue weighted by Gasteiger charge is -2.37. The highest BCUT2D eigenvalue weighted by molar-refractivity contribution is 5.95. The van der Waals surface area contributed by atoms with Gasteiger partial charge in [-0.15, -0.1) is 0 Å². The molecule has 0 bridgehead atoms. The summed E-state index contributed by atoms with van der Waals surface area (Å²) in [7, 11) is 1.58. The summed E-state index contributed by atoms with van der Waals surface area (Å²) in [4.78, 5) is 15.5. The van der Waals surface area contributed by atoms with E-state index in [0.29, 0.717) is 37.3 Å². The number of ether oxygens (including phenoxy) is 1. The standard InChI is InChI=1S/C28H33F2N5O2/c1-37-17-24-25(26(34-19-33-24)20-3-7-22(29)8-4-20)27(36)32-13-2-14-35-15-11-28(18-31,12-16-35)21-5-9-23(30)10-6-21/h3-10,26,33-34H,2,11-17,19H2,1H3,(H,32,36)/t26-/m1/s1. The van der Waals surface area contributed by atoms with Crippen LogP contribution in [0.25, 0.3) is 0 Å². The van der Waals surface area contributed by atoms with Crippen LogP contribution in [0.3, 0.4) is 0 Å². The highest BCUT2D eigenvalue weighted by Crippen LogP contribution is 2.35. The maximum Gasteiger partial charge on any atom is 0.250 e. The first-order chi connectivity index (χ1) is 18.0. The molecule has 0 unspecified atom stereocenters. The van der Waals surface area contributed by atoms with Crippen LogP contribution in [-0.4, -0.2) is 57.4 Å². The number of methoxy groups -OCH3 is 1. The maximum atomic E-state index is 13.5. The number of carbonyl (C=O) groups excluding carboxylic acids is 1. The summed E-state index contributed by atoms with van der Waals surface area (Å²) in [5.41, 5.74) is 2.33. The maximum absolute atomic E-state index is 13.5. The van der Waals surface area contributed by atoms with Crippen molar-refractivity contribution in [2.24, 2.45) is 0 Å². The van der Waals surface area contributed by atoms with Crippen LogP contribution in [0, 0.1) is 23.0 Å². The molecule has 0 spiro atoms. The zero-order valence-corrected chi connectivity index (χ0v) is 21.0. The number of nitrogens with zero attached hydrogens (tertiary/aromatic N) is 2. The summed E-state index contributed by atoms with van der Waals surface area (Å²) < 4.78 is 32.1. The van der Waals surface area contributed by atoms with Crippen LogP contribution >= 0.6 is 0 Å². The fourth-order valence-corrected chi connectivity index (χ4v) is 5.10. The van der Waals surface area contributed by atoms with Crippen LogP contribution in [-0.2, 0) is 14.9 Å². The van der Waals surface area contributed by atoms with Gasteiger partial charge in [0.2, 0.25) is 0 Å². The van der Waals surface area contributed by atoms with Crippen molar-refractivity contribution in [2.75, 3.05) is 46.6 Å². The number of rotatable bonds is 9. The minimum Gasteiger partial charge on any atom is -0.378 e. The number of nitrogens with one attached hydrogen (secondary N) is 3. The van der Waals surface area contributed by atoms with E-state index >= 15 is 0 Å². The minimum absolute atomic E-state index is 0.195. The Morgan fingerprint density at radius 3 is 2.41 bits per heavy atom. The molecule has 3 N–H and O–H groups in total. The largest absolute Gasteiger partial charge is 0.378 e. The lowest BCUT2D eigenvalue weighted by Crippen LogP contribution is -2.45. The number of hydrogen-bond donors (Lipinski definition) is 3. The topological polar surface area (TPSA) is 89.4 Å². The Bertz CT molecular complexity index is 1140. The van der Waals surface area contributed by atoms with Crippen molar-refractivity contribution in [3.8, 4) is 6.07 Å². The first-order valence-corrected chi connectivity index (χ1v) is 12.6. The summed E-state index contributed by atoms with van der Waals surface area (Å²) in [6.07, 6.45) is 2.13. The summed E-state index contributed by atoms with van der Waals surface area (Å²) >= 11 is 0. The summed E-state index contributed by atoms with van der Waals surface area (Å²) in [5.74, 6) is -0.822. The summed E-state index contributed by atoms with van der Waals surface area (Å²) in [6.45, 7) is 3.56. The van der Waals surface area contributed by atoms with E-state index in [1.165, 1.54) is 24.3 Å². The number of hydrogen-bond acceptors (Lipinski definition) is 6. The van der Waals surface area contributed by atoms with Crippen molar-refractivity contribution in [1.82, 2.24) is 20.9 Å². The molecule has 4 rings (SSSR count). The summed E-state index contributed by atoms with van der Waals surface area (Å²) in [6, 6.07) is 14.5. The SMILES string of the molecule is COCC1=C(C(=O)NCCCN2CCC(C#N)(c3ccc(F)cc3)CC2)[C@@H](c2ccc(F)cc2)NCN1. The first kappa shape index (κ1) is 26.7. The Hall–Kier alpha value is -3.32. The molecule has 0 saturated carbocycles. The second kappa shape index (κ2) is 12.3. The Balaban J connectivity index is 1.31. The number of amides is 1. The molecule has 1 atom stereocenters. The number of benzene rings is 2. The second-order valence-electron chi connectivity index (χ2n) is 9.52. The third kappa shape index (κ3) is 6.34. The molecule has 37 heavy (non-hydrogen) atoms. The molecule has 9 heteroatoms. The summed E-state index contributed by atoms with van der Waals surface area (Å²) in [5, 5.41) is 19.4. The van der Waals surface area contributed by atoms with Crippen LogP contribution in [0.1, 0.15) is 36.4 Å². The third-order valence-corrected chi connectivity index (χ3v) is 7.22. The zero-order valence-electron chi connectivity index (χ0n) is 21.0. The Labute approximate surface area is 216 Å². The molecule has 2 aromatic carbocycles. The van der Waals surface area contributed by atoms with E-state index in [1.54, 1.807) is 31.4 Å². The molecule has 0 aromatic heterocycles. The van der Waals surface area contributed by atoms with E-state index in [9.17, 15) is 18.8 Å². The molecule has 2 aliphatic rings. The Kier molecular flexibility index (Phi) is 8.87. The third-order valence-electron chi connectivity index (χ3n) is 7.22. The minimum atomic E-state index is -0.584. The van der Waals surface area contributed by atoms with E-state index in [-0.39, 0.29) is 30.2 Å². The highest BCUT2D eigenvalue weighted by Gasteiger charge is 2.36. The fourth-order valence-electron chi connectivity index (χ4n) is 5.10. The van der Waals surface area contributed by atoms with E-state index < -0.39 is 5.41 Å². The van der Waals surface area contributed by atoms with Gasteiger partial charge in [-0.2, -0.15) is 5.26 Å². The molecule has 1 fully saturated rings. The monoisotopic (exact) mass is 509 g/mol. The second-order valence-corrected chi connectivity index (χ2v) is 9.52. The van der Waals surface area contributed by atoms with Gasteiger partial charge >= 0.3 is 0 Å². The van der Waals surface area contributed by atoms with Crippen molar-refractivity contribution in [3.63, 3.8) is 0 Å². The van der Waals surface area contributed by atoms with Gasteiger partial charge in [-0.3, -0.25) is 10.1 Å². The average Bonchev–Trinajstić information content (AvgIpc) is 2.92. The predicted octanol–water partition coefficient (Wildman–Crippen LogP) is 3.12. The van der Waals surface area contributed by atoms with Crippen LogP contribution in [0.5, 0.6) is 0 Å². The zero-order chi connectivity index (χ0) is 26.3. The molecular weight excluding hydrogens is 476 g/mol. The van der Waals surface area contributed by atoms with Crippen LogP contribution in [0.4, 0.5) is 8.78 Å². The first-order valence-electron chi connectivity index (χ1n) is 12.6. The van der Waals surface area contributed by atoms with Gasteiger partial charge in [0.15, 0.2) is 0 Å². The number of nitriles is 1. The van der Waals surface area contributed by atoms with Gasteiger partial charge in [-0.1, -0.05) is 24.3 Å². The molecule has 2 aromatic rings. The van der Waals surface area contributed by atoms with Crippen molar-refractivity contribution in [1.29, 1.82) is 5.26 Å². The number of halogens is 2. The van der Waals surface area contributed by atoms with Crippen LogP contribution in [0.2, 0.25) is 0 Å². The van der Waals surface area contributed by atoms with Crippen molar-refractivity contribution in [2.45, 2.75) is 30.7 Å². The molecule has 1 saturated heterocycles. The van der Waals surface area contributed by atoms with E-state index in [1.807, 2.05) is 0 Å². The number of likely N-dealkylation sites (tertiary alicyclic amines) is 1. The fraction of sp³-hybridized carbons (Fsp3) is 0.429. The molecule has 2 heterocycles. The molecule has 196 valence electrons. The predicted molar refractivity (Wildman–Crippen MR) is 136 cm³/mol. The number of carbonyl (C=O) groups is 1. The quantitative estimate of drug-likeness (QED) is 0.450. The molecular formula is C28H33F2N5O2. The lowest BCUT2D eigenvalue weighted by molar-refractivity contribution is -0.118. The molecule has 7 nitrogen and oxygen atoms in total. The van der Waals surface area contributed by atoms with Gasteiger partial charge in [0.25, 0.3) is 5.91 Å². The van der Waals surface area contributed by atoms with Gasteiger partial charge in [0.05, 0.1) is 36.4 Å². The van der Waals surface area contributed by atoms with Gasteiger partial charge in [-0.05, 0) is 74.3 Å². The molecule has 0 radical (unpaired) electrons. The van der Waals surface area contributed by atoms with Gasteiger partial charge < -0.3 is 20.3 Å². The normalized spacial score (nSPS) is 19.7. The van der Waals surface area contributed by atoms with Crippen LogP contribution in [0.15, 0.2) is 59.8 Å². The van der Waals surface area contributed by atoms with Gasteiger partial charge in [0.1, 0.15) is 11.6 Å². The van der Waals surface area contributed by atoms with Gasteiger partial charge in [0, 0.05) is 19.4 Å². The average molecular weight is 510 g/mol. The molecule has 2 aliphatic heterocycles. The van der Waals surface area contributed by atoms with Crippen molar-refractivity contribution in [3.05, 3.63) is 82.6 Å². The molecule has 1 amide bonds. The Morgan fingerprint density at radius 2 is 1.78 bits per heavy atom. The van der Waals surface area contributed by atoms with E-state index in [4.69, 9.17) is 4.74 Å². The molecule has 0 aliphatic carbocycles. The smallest absolute Gasteiger partial charge is 0.250 e. The number of piperidine rings is 1. The van der Waals surface area contributed by atoms with Crippen molar-refractivity contribution < 1.29 is 18.3 Å². The van der Waals surface area contributed by atoms with E-state index in [0.717, 1.165) is 37.2 Å². The van der Waals surface area contributed by atoms with Crippen molar-refractivity contribution >= 4 is 5.91 Å². The van der Waals surface area contributed by atoms with Gasteiger partial charge in [-0.25, -0.2) is 8.78 Å². The lowest BCUT2D eigenvalue weighted by atomic mass is 9.74. The van der Waals surface area contributed by atoms with Crippen LogP contribution < -0.4 is 16.0 Å². The van der Waals surface area contributed by atoms with E-state index in [2.05, 4.69) is 26.9 Å².